The minimum atomic E-state index is -0.790. The predicted octanol–water partition coefficient (Wildman–Crippen LogP) is 1.31. The summed E-state index contributed by atoms with van der Waals surface area (Å²) in [5, 5.41) is 13.9. The van der Waals surface area contributed by atoms with Gasteiger partial charge in [-0.15, -0.1) is 0 Å². The van der Waals surface area contributed by atoms with E-state index in [0.29, 0.717) is 30.4 Å². The molecular formula is C19H26FN5O4. The molecule has 9 nitrogen and oxygen atoms in total. The SMILES string of the molecule is O=CN(O)CC(CC1CCCC1)C(=O)N1NCCC1C(=O)Nc1cccc(F)n1. The van der Waals surface area contributed by atoms with Crippen LogP contribution in [-0.2, 0) is 14.4 Å². The molecule has 1 aromatic rings. The standard InChI is InChI=1S/C19H26FN5O4/c20-16-6-3-7-17(22-16)23-18(27)15-8-9-21-25(15)19(28)14(11-24(29)12-26)10-13-4-1-2-5-13/h3,6-7,12-15,21,29H,1-2,4-5,8-11H2,(H,22,23,27). The van der Waals surface area contributed by atoms with E-state index in [2.05, 4.69) is 15.7 Å². The van der Waals surface area contributed by atoms with Crippen LogP contribution < -0.4 is 10.7 Å². The van der Waals surface area contributed by atoms with Gasteiger partial charge in [-0.05, 0) is 30.9 Å². The fourth-order valence-electron chi connectivity index (χ4n) is 4.10. The molecule has 3 rings (SSSR count). The maximum Gasteiger partial charge on any atom is 0.250 e. The first-order valence-corrected chi connectivity index (χ1v) is 9.88. The lowest BCUT2D eigenvalue weighted by molar-refractivity contribution is -0.159. The van der Waals surface area contributed by atoms with Crippen LogP contribution in [0.3, 0.4) is 0 Å². The predicted molar refractivity (Wildman–Crippen MR) is 101 cm³/mol. The van der Waals surface area contributed by atoms with Gasteiger partial charge in [-0.1, -0.05) is 31.7 Å². The van der Waals surface area contributed by atoms with Gasteiger partial charge in [-0.3, -0.25) is 24.6 Å². The second-order valence-corrected chi connectivity index (χ2v) is 7.57. The zero-order valence-electron chi connectivity index (χ0n) is 16.1. The van der Waals surface area contributed by atoms with Crippen LogP contribution in [0.2, 0.25) is 0 Å². The summed E-state index contributed by atoms with van der Waals surface area (Å²) >= 11 is 0. The Bertz CT molecular complexity index is 743. The van der Waals surface area contributed by atoms with Crippen molar-refractivity contribution in [2.24, 2.45) is 11.8 Å². The summed E-state index contributed by atoms with van der Waals surface area (Å²) in [6.07, 6.45) is 5.44. The number of nitrogens with one attached hydrogen (secondary N) is 2. The second kappa shape index (κ2) is 9.75. The Balaban J connectivity index is 1.69. The van der Waals surface area contributed by atoms with E-state index in [1.165, 1.54) is 23.2 Å². The highest BCUT2D eigenvalue weighted by atomic mass is 19.1. The number of rotatable bonds is 8. The lowest BCUT2D eigenvalue weighted by Crippen LogP contribution is -2.51. The van der Waals surface area contributed by atoms with Crippen molar-refractivity contribution in [1.29, 1.82) is 0 Å². The Labute approximate surface area is 168 Å². The van der Waals surface area contributed by atoms with Crippen LogP contribution in [0.4, 0.5) is 10.2 Å². The van der Waals surface area contributed by atoms with Gasteiger partial charge in [0.2, 0.25) is 24.2 Å². The summed E-state index contributed by atoms with van der Waals surface area (Å²) in [4.78, 5) is 40.3. The lowest BCUT2D eigenvalue weighted by Gasteiger charge is -2.29. The Hall–Kier alpha value is -2.59. The molecule has 0 spiro atoms. The van der Waals surface area contributed by atoms with Gasteiger partial charge in [-0.2, -0.15) is 4.39 Å². The molecule has 10 heteroatoms. The van der Waals surface area contributed by atoms with Crippen molar-refractivity contribution in [1.82, 2.24) is 20.5 Å². The molecule has 3 N–H and O–H groups in total. The summed E-state index contributed by atoms with van der Waals surface area (Å²) < 4.78 is 13.3. The zero-order valence-corrected chi connectivity index (χ0v) is 16.1. The van der Waals surface area contributed by atoms with E-state index in [4.69, 9.17) is 0 Å². The van der Waals surface area contributed by atoms with Crippen LogP contribution in [-0.4, -0.2) is 57.6 Å². The number of carbonyl (C=O) groups is 3. The molecule has 3 amide bonds. The van der Waals surface area contributed by atoms with Crippen LogP contribution >= 0.6 is 0 Å². The maximum atomic E-state index is 13.3. The third kappa shape index (κ3) is 5.48. The number of hydrazine groups is 1. The fourth-order valence-corrected chi connectivity index (χ4v) is 4.10. The summed E-state index contributed by atoms with van der Waals surface area (Å²) in [5.74, 6) is -1.73. The van der Waals surface area contributed by atoms with E-state index in [1.54, 1.807) is 0 Å². The second-order valence-electron chi connectivity index (χ2n) is 7.57. The van der Waals surface area contributed by atoms with E-state index in [1.807, 2.05) is 0 Å². The summed E-state index contributed by atoms with van der Waals surface area (Å²) in [7, 11) is 0. The zero-order chi connectivity index (χ0) is 20.8. The molecule has 1 aliphatic carbocycles. The molecule has 0 radical (unpaired) electrons. The maximum absolute atomic E-state index is 13.3. The molecule has 2 atom stereocenters. The molecule has 2 fully saturated rings. The van der Waals surface area contributed by atoms with Crippen molar-refractivity contribution in [2.45, 2.75) is 44.6 Å². The van der Waals surface area contributed by atoms with Crippen LogP contribution in [0, 0.1) is 17.8 Å². The van der Waals surface area contributed by atoms with Crippen molar-refractivity contribution in [3.8, 4) is 0 Å². The van der Waals surface area contributed by atoms with Crippen molar-refractivity contribution in [2.75, 3.05) is 18.4 Å². The molecule has 2 heterocycles. The Morgan fingerprint density at radius 3 is 2.83 bits per heavy atom. The van der Waals surface area contributed by atoms with E-state index >= 15 is 0 Å². The van der Waals surface area contributed by atoms with Gasteiger partial charge in [-0.25, -0.2) is 15.5 Å². The average Bonchev–Trinajstić information content (AvgIpc) is 3.38. The molecule has 29 heavy (non-hydrogen) atoms. The monoisotopic (exact) mass is 407 g/mol. The van der Waals surface area contributed by atoms with Crippen molar-refractivity contribution in [3.05, 3.63) is 24.1 Å². The topological polar surface area (TPSA) is 115 Å². The van der Waals surface area contributed by atoms with E-state index in [9.17, 15) is 24.0 Å². The van der Waals surface area contributed by atoms with Gasteiger partial charge in [0.1, 0.15) is 11.9 Å². The van der Waals surface area contributed by atoms with Crippen LogP contribution in [0.15, 0.2) is 18.2 Å². The average molecular weight is 407 g/mol. The largest absolute Gasteiger partial charge is 0.309 e. The van der Waals surface area contributed by atoms with Gasteiger partial charge in [0.05, 0.1) is 12.5 Å². The smallest absolute Gasteiger partial charge is 0.250 e. The first kappa shape index (κ1) is 21.1. The number of amides is 3. The van der Waals surface area contributed by atoms with Gasteiger partial charge in [0, 0.05) is 6.54 Å². The number of anilines is 1. The first-order valence-electron chi connectivity index (χ1n) is 9.88. The fraction of sp³-hybridized carbons (Fsp3) is 0.579. The molecule has 2 unspecified atom stereocenters. The Kier molecular flexibility index (Phi) is 7.10. The molecule has 0 bridgehead atoms. The lowest BCUT2D eigenvalue weighted by atomic mass is 9.92. The Morgan fingerprint density at radius 2 is 2.14 bits per heavy atom. The third-order valence-corrected chi connectivity index (χ3v) is 5.49. The normalized spacial score (nSPS) is 20.5. The van der Waals surface area contributed by atoms with E-state index < -0.39 is 23.8 Å². The Morgan fingerprint density at radius 1 is 1.38 bits per heavy atom. The van der Waals surface area contributed by atoms with Gasteiger partial charge in [0.15, 0.2) is 0 Å². The highest BCUT2D eigenvalue weighted by molar-refractivity contribution is 5.97. The number of halogens is 1. The van der Waals surface area contributed by atoms with Gasteiger partial charge in [0.25, 0.3) is 0 Å². The molecular weight excluding hydrogens is 381 g/mol. The number of carbonyl (C=O) groups excluding carboxylic acids is 3. The summed E-state index contributed by atoms with van der Waals surface area (Å²) in [6, 6.07) is 3.28. The quantitative estimate of drug-likeness (QED) is 0.259. The summed E-state index contributed by atoms with van der Waals surface area (Å²) in [5.41, 5.74) is 2.92. The van der Waals surface area contributed by atoms with Crippen LogP contribution in [0.5, 0.6) is 0 Å². The van der Waals surface area contributed by atoms with Crippen molar-refractivity contribution >= 4 is 24.0 Å². The highest BCUT2D eigenvalue weighted by Crippen LogP contribution is 2.31. The van der Waals surface area contributed by atoms with E-state index in [-0.39, 0.29) is 24.7 Å². The molecule has 1 aliphatic heterocycles. The van der Waals surface area contributed by atoms with Crippen molar-refractivity contribution < 1.29 is 24.0 Å². The number of pyridine rings is 1. The number of hydrogen-bond donors (Lipinski definition) is 3. The van der Waals surface area contributed by atoms with Gasteiger partial charge >= 0.3 is 0 Å². The molecule has 1 aromatic heterocycles. The minimum Gasteiger partial charge on any atom is -0.309 e. The van der Waals surface area contributed by atoms with Crippen molar-refractivity contribution in [3.63, 3.8) is 0 Å². The number of hydrogen-bond acceptors (Lipinski definition) is 6. The highest BCUT2D eigenvalue weighted by Gasteiger charge is 2.39. The molecule has 1 saturated carbocycles. The summed E-state index contributed by atoms with van der Waals surface area (Å²) in [6.45, 7) is 0.296. The minimum absolute atomic E-state index is 0.0688. The molecule has 2 aliphatic rings. The molecule has 0 aromatic carbocycles. The molecule has 158 valence electrons. The van der Waals surface area contributed by atoms with E-state index in [0.717, 1.165) is 25.7 Å². The van der Waals surface area contributed by atoms with Crippen LogP contribution in [0.25, 0.3) is 0 Å². The first-order chi connectivity index (χ1) is 14.0. The van der Waals surface area contributed by atoms with Gasteiger partial charge < -0.3 is 5.32 Å². The third-order valence-electron chi connectivity index (χ3n) is 5.49. The number of aromatic nitrogens is 1. The molecule has 1 saturated heterocycles. The number of hydroxylamine groups is 2. The van der Waals surface area contributed by atoms with Crippen LogP contribution in [0.1, 0.15) is 38.5 Å². The number of nitrogens with zero attached hydrogens (tertiary/aromatic N) is 3.